The van der Waals surface area contributed by atoms with Gasteiger partial charge in [-0.1, -0.05) is 12.1 Å². The first-order valence-corrected chi connectivity index (χ1v) is 7.12. The van der Waals surface area contributed by atoms with Crippen molar-refractivity contribution in [2.45, 2.75) is 19.4 Å². The van der Waals surface area contributed by atoms with Crippen LogP contribution in [-0.2, 0) is 11.3 Å². The van der Waals surface area contributed by atoms with Gasteiger partial charge in [0.05, 0.1) is 19.8 Å². The van der Waals surface area contributed by atoms with Gasteiger partial charge in [0.1, 0.15) is 5.75 Å². The topological polar surface area (TPSA) is 45.5 Å². The molecule has 0 amide bonds. The molecule has 1 fully saturated rings. The van der Waals surface area contributed by atoms with Crippen LogP contribution < -0.4 is 4.74 Å². The van der Waals surface area contributed by atoms with Crippen LogP contribution in [0.3, 0.4) is 0 Å². The standard InChI is InChI=1S/C16H22N2O2/c1-19-16-5-2-4-14(10-16)11-18(8-3-7-17)12-15-6-9-20-13-15/h2,4-5,10,15H,3,6,8-9,11-13H2,1H3/t15-/m1/s1. The van der Waals surface area contributed by atoms with E-state index in [2.05, 4.69) is 23.1 Å². The molecule has 0 radical (unpaired) electrons. The van der Waals surface area contributed by atoms with Gasteiger partial charge in [-0.15, -0.1) is 0 Å². The van der Waals surface area contributed by atoms with E-state index in [1.165, 1.54) is 5.56 Å². The first kappa shape index (κ1) is 14.8. The molecule has 0 saturated carbocycles. The predicted octanol–water partition coefficient (Wildman–Crippen LogP) is 2.45. The Labute approximate surface area is 120 Å². The van der Waals surface area contributed by atoms with Crippen molar-refractivity contribution in [3.63, 3.8) is 0 Å². The van der Waals surface area contributed by atoms with Crippen molar-refractivity contribution in [2.75, 3.05) is 33.4 Å². The summed E-state index contributed by atoms with van der Waals surface area (Å²) in [6, 6.07) is 10.4. The van der Waals surface area contributed by atoms with E-state index in [1.807, 2.05) is 12.1 Å². The van der Waals surface area contributed by atoms with E-state index in [0.717, 1.165) is 45.0 Å². The summed E-state index contributed by atoms with van der Waals surface area (Å²) in [4.78, 5) is 2.34. The summed E-state index contributed by atoms with van der Waals surface area (Å²) < 4.78 is 10.7. The van der Waals surface area contributed by atoms with Crippen LogP contribution in [0.1, 0.15) is 18.4 Å². The van der Waals surface area contributed by atoms with E-state index in [-0.39, 0.29) is 0 Å². The molecular weight excluding hydrogens is 252 g/mol. The molecule has 20 heavy (non-hydrogen) atoms. The van der Waals surface area contributed by atoms with E-state index < -0.39 is 0 Å². The van der Waals surface area contributed by atoms with E-state index in [9.17, 15) is 0 Å². The van der Waals surface area contributed by atoms with Crippen LogP contribution in [0.4, 0.5) is 0 Å². The maximum atomic E-state index is 8.80. The van der Waals surface area contributed by atoms with E-state index >= 15 is 0 Å². The highest BCUT2D eigenvalue weighted by atomic mass is 16.5. The smallest absolute Gasteiger partial charge is 0.119 e. The van der Waals surface area contributed by atoms with E-state index in [4.69, 9.17) is 14.7 Å². The number of ether oxygens (including phenoxy) is 2. The van der Waals surface area contributed by atoms with Crippen molar-refractivity contribution >= 4 is 0 Å². The van der Waals surface area contributed by atoms with Gasteiger partial charge in [-0.05, 0) is 30.0 Å². The molecule has 0 bridgehead atoms. The Kier molecular flexibility index (Phi) is 5.85. The zero-order valence-corrected chi connectivity index (χ0v) is 12.0. The van der Waals surface area contributed by atoms with Crippen molar-refractivity contribution in [3.8, 4) is 11.8 Å². The molecule has 1 heterocycles. The monoisotopic (exact) mass is 274 g/mol. The van der Waals surface area contributed by atoms with Crippen molar-refractivity contribution in [3.05, 3.63) is 29.8 Å². The highest BCUT2D eigenvalue weighted by Gasteiger charge is 2.19. The molecule has 0 aliphatic carbocycles. The van der Waals surface area contributed by atoms with E-state index in [0.29, 0.717) is 12.3 Å². The fourth-order valence-corrected chi connectivity index (χ4v) is 2.56. The van der Waals surface area contributed by atoms with Crippen molar-refractivity contribution in [2.24, 2.45) is 5.92 Å². The van der Waals surface area contributed by atoms with Gasteiger partial charge < -0.3 is 9.47 Å². The van der Waals surface area contributed by atoms with Crippen LogP contribution in [-0.4, -0.2) is 38.3 Å². The van der Waals surface area contributed by atoms with Gasteiger partial charge in [-0.2, -0.15) is 5.26 Å². The second-order valence-corrected chi connectivity index (χ2v) is 5.22. The fourth-order valence-electron chi connectivity index (χ4n) is 2.56. The molecule has 1 aliphatic heterocycles. The largest absolute Gasteiger partial charge is 0.497 e. The average Bonchev–Trinajstić information content (AvgIpc) is 2.98. The van der Waals surface area contributed by atoms with Crippen LogP contribution in [0.15, 0.2) is 24.3 Å². The lowest BCUT2D eigenvalue weighted by Gasteiger charge is -2.24. The molecule has 1 aliphatic rings. The van der Waals surface area contributed by atoms with Gasteiger partial charge in [-0.3, -0.25) is 4.90 Å². The molecule has 0 N–H and O–H groups in total. The normalized spacial score (nSPS) is 18.1. The third kappa shape index (κ3) is 4.52. The number of nitrogens with zero attached hydrogens (tertiary/aromatic N) is 2. The van der Waals surface area contributed by atoms with Crippen LogP contribution in [0.25, 0.3) is 0 Å². The van der Waals surface area contributed by atoms with Gasteiger partial charge in [0.15, 0.2) is 0 Å². The quantitative estimate of drug-likeness (QED) is 0.766. The van der Waals surface area contributed by atoms with Crippen LogP contribution in [0, 0.1) is 17.2 Å². The Balaban J connectivity index is 1.96. The minimum atomic E-state index is 0.567. The summed E-state index contributed by atoms with van der Waals surface area (Å²) in [5.41, 5.74) is 1.22. The predicted molar refractivity (Wildman–Crippen MR) is 77.4 cm³/mol. The highest BCUT2D eigenvalue weighted by Crippen LogP contribution is 2.18. The Morgan fingerprint density at radius 3 is 3.10 bits per heavy atom. The highest BCUT2D eigenvalue weighted by molar-refractivity contribution is 5.28. The maximum absolute atomic E-state index is 8.80. The molecule has 0 spiro atoms. The van der Waals surface area contributed by atoms with Gasteiger partial charge in [-0.25, -0.2) is 0 Å². The number of methoxy groups -OCH3 is 1. The Bertz CT molecular complexity index is 450. The lowest BCUT2D eigenvalue weighted by Crippen LogP contribution is -2.30. The molecule has 1 aromatic carbocycles. The van der Waals surface area contributed by atoms with Crippen molar-refractivity contribution in [1.82, 2.24) is 4.90 Å². The minimum absolute atomic E-state index is 0.567. The van der Waals surface area contributed by atoms with Gasteiger partial charge in [0, 0.05) is 32.7 Å². The minimum Gasteiger partial charge on any atom is -0.497 e. The molecule has 1 aromatic rings. The number of nitriles is 1. The number of hydrogen-bond donors (Lipinski definition) is 0. The van der Waals surface area contributed by atoms with Crippen molar-refractivity contribution < 1.29 is 9.47 Å². The Hall–Kier alpha value is -1.57. The van der Waals surface area contributed by atoms with Gasteiger partial charge in [0.2, 0.25) is 0 Å². The van der Waals surface area contributed by atoms with Crippen molar-refractivity contribution in [1.29, 1.82) is 5.26 Å². The second kappa shape index (κ2) is 7.88. The summed E-state index contributed by atoms with van der Waals surface area (Å²) in [6.07, 6.45) is 1.69. The zero-order valence-electron chi connectivity index (χ0n) is 12.0. The molecular formula is C16H22N2O2. The zero-order chi connectivity index (χ0) is 14.2. The molecule has 108 valence electrons. The third-order valence-electron chi connectivity index (χ3n) is 3.62. The molecule has 2 rings (SSSR count). The molecule has 0 aromatic heterocycles. The first-order chi connectivity index (χ1) is 9.81. The maximum Gasteiger partial charge on any atom is 0.119 e. The van der Waals surface area contributed by atoms with Crippen LogP contribution >= 0.6 is 0 Å². The molecule has 4 nitrogen and oxygen atoms in total. The number of benzene rings is 1. The van der Waals surface area contributed by atoms with Crippen LogP contribution in [0.5, 0.6) is 5.75 Å². The summed E-state index contributed by atoms with van der Waals surface area (Å²) in [5.74, 6) is 1.48. The summed E-state index contributed by atoms with van der Waals surface area (Å²) in [5, 5.41) is 8.80. The Morgan fingerprint density at radius 2 is 2.40 bits per heavy atom. The lowest BCUT2D eigenvalue weighted by atomic mass is 10.1. The van der Waals surface area contributed by atoms with E-state index in [1.54, 1.807) is 7.11 Å². The third-order valence-corrected chi connectivity index (χ3v) is 3.62. The fraction of sp³-hybridized carbons (Fsp3) is 0.562. The average molecular weight is 274 g/mol. The number of hydrogen-bond acceptors (Lipinski definition) is 4. The van der Waals surface area contributed by atoms with Gasteiger partial charge >= 0.3 is 0 Å². The summed E-state index contributed by atoms with van der Waals surface area (Å²) in [6.45, 7) is 4.38. The molecule has 0 unspecified atom stereocenters. The van der Waals surface area contributed by atoms with Gasteiger partial charge in [0.25, 0.3) is 0 Å². The first-order valence-electron chi connectivity index (χ1n) is 7.12. The summed E-state index contributed by atoms with van der Waals surface area (Å²) in [7, 11) is 1.68. The molecule has 1 atom stereocenters. The lowest BCUT2D eigenvalue weighted by molar-refractivity contribution is 0.165. The van der Waals surface area contributed by atoms with Crippen LogP contribution in [0.2, 0.25) is 0 Å². The summed E-state index contributed by atoms with van der Waals surface area (Å²) >= 11 is 0. The SMILES string of the molecule is COc1cccc(CN(CCC#N)C[C@H]2CCOC2)c1. The number of rotatable bonds is 7. The molecule has 1 saturated heterocycles. The Morgan fingerprint density at radius 1 is 1.50 bits per heavy atom. The molecule has 4 heteroatoms. The second-order valence-electron chi connectivity index (χ2n) is 5.22.